The number of hydrogen-bond acceptors (Lipinski definition) is 11. The van der Waals surface area contributed by atoms with E-state index < -0.39 is 35.9 Å². The van der Waals surface area contributed by atoms with Gasteiger partial charge in [0, 0.05) is 43.9 Å². The first kappa shape index (κ1) is 44.1. The maximum Gasteiger partial charge on any atom is 0.320 e. The fraction of sp³-hybridized carbons (Fsp3) is 0.406. The van der Waals surface area contributed by atoms with Crippen molar-refractivity contribution in [2.24, 2.45) is 17.2 Å². The summed E-state index contributed by atoms with van der Waals surface area (Å²) < 4.78 is 4.35. The van der Waals surface area contributed by atoms with Crippen LogP contribution in [0.4, 0.5) is 5.69 Å². The SMILES string of the molecule is CC(=O)Nc1ccc(C=O)cc1.NCCC[C@H](N)C(=O)O.NCCc1ccccc1.O=C(O)CCCC(=O)OC(=O)CCCC(=O)O. The van der Waals surface area contributed by atoms with Crippen LogP contribution in [-0.2, 0) is 39.9 Å². The van der Waals surface area contributed by atoms with Crippen LogP contribution in [0.5, 0.6) is 0 Å². The van der Waals surface area contributed by atoms with E-state index in [-0.39, 0.29) is 44.4 Å². The molecule has 1 amide bonds. The predicted molar refractivity (Wildman–Crippen MR) is 173 cm³/mol. The molecule has 0 fully saturated rings. The van der Waals surface area contributed by atoms with Crippen molar-refractivity contribution in [1.82, 2.24) is 0 Å². The topological polar surface area (TPSA) is 280 Å². The van der Waals surface area contributed by atoms with Crippen molar-refractivity contribution < 1.29 is 53.6 Å². The monoisotopic (exact) mass is 662 g/mol. The number of carboxylic acid groups (broad SMARTS) is 3. The highest BCUT2D eigenvalue weighted by molar-refractivity contribution is 5.89. The Bertz CT molecular complexity index is 1190. The lowest BCUT2D eigenvalue weighted by Gasteiger charge is -2.02. The molecule has 0 aliphatic heterocycles. The summed E-state index contributed by atoms with van der Waals surface area (Å²) in [5.41, 5.74) is 18.3. The number of anilines is 1. The van der Waals surface area contributed by atoms with Gasteiger partial charge in [-0.3, -0.25) is 33.6 Å². The first-order valence-electron chi connectivity index (χ1n) is 14.7. The molecule has 15 heteroatoms. The van der Waals surface area contributed by atoms with Gasteiger partial charge >= 0.3 is 29.8 Å². The van der Waals surface area contributed by atoms with Gasteiger partial charge in [-0.15, -0.1) is 0 Å². The average Bonchev–Trinajstić information content (AvgIpc) is 3.01. The first-order valence-corrected chi connectivity index (χ1v) is 14.7. The number of nitrogens with one attached hydrogen (secondary N) is 1. The van der Waals surface area contributed by atoms with Gasteiger partial charge < -0.3 is 42.6 Å². The second-order valence-electron chi connectivity index (χ2n) is 9.66. The molecule has 0 heterocycles. The molecule has 0 saturated heterocycles. The number of nitrogens with two attached hydrogens (primary N) is 3. The number of hydrogen-bond donors (Lipinski definition) is 7. The third kappa shape index (κ3) is 29.5. The zero-order chi connectivity index (χ0) is 36.0. The molecule has 2 aromatic rings. The lowest BCUT2D eigenvalue weighted by Crippen LogP contribution is -2.30. The Morgan fingerprint density at radius 2 is 1.28 bits per heavy atom. The molecular formula is C32H46N4O11. The van der Waals surface area contributed by atoms with Crippen LogP contribution in [-0.4, -0.2) is 76.5 Å². The number of ether oxygens (including phenoxy) is 1. The molecule has 1 atom stereocenters. The molecule has 10 N–H and O–H groups in total. The van der Waals surface area contributed by atoms with Crippen molar-refractivity contribution in [3.05, 3.63) is 65.7 Å². The van der Waals surface area contributed by atoms with Crippen molar-refractivity contribution in [3.63, 3.8) is 0 Å². The lowest BCUT2D eigenvalue weighted by atomic mass is 10.2. The Hall–Kier alpha value is -4.99. The van der Waals surface area contributed by atoms with Gasteiger partial charge in [-0.25, -0.2) is 0 Å². The van der Waals surface area contributed by atoms with Gasteiger partial charge in [0.15, 0.2) is 0 Å². The molecule has 0 unspecified atom stereocenters. The molecule has 0 radical (unpaired) electrons. The second-order valence-corrected chi connectivity index (χ2v) is 9.66. The molecule has 2 rings (SSSR count). The third-order valence-corrected chi connectivity index (χ3v) is 5.45. The van der Waals surface area contributed by atoms with Gasteiger partial charge in [0.2, 0.25) is 5.91 Å². The summed E-state index contributed by atoms with van der Waals surface area (Å²) in [6, 6.07) is 16.2. The zero-order valence-electron chi connectivity index (χ0n) is 26.5. The first-order chi connectivity index (χ1) is 22.2. The largest absolute Gasteiger partial charge is 0.481 e. The summed E-state index contributed by atoms with van der Waals surface area (Å²) in [6.45, 7) is 2.68. The Morgan fingerprint density at radius 1 is 0.766 bits per heavy atom. The number of amides is 1. The number of benzene rings is 2. The Labute approximate surface area is 273 Å². The third-order valence-electron chi connectivity index (χ3n) is 5.45. The van der Waals surface area contributed by atoms with E-state index in [1.54, 1.807) is 24.3 Å². The van der Waals surface area contributed by atoms with Crippen molar-refractivity contribution in [2.75, 3.05) is 18.4 Å². The van der Waals surface area contributed by atoms with E-state index in [4.69, 9.17) is 32.5 Å². The molecule has 0 aromatic heterocycles. The highest BCUT2D eigenvalue weighted by atomic mass is 16.6. The highest BCUT2D eigenvalue weighted by Crippen LogP contribution is 2.07. The second kappa shape index (κ2) is 28.5. The molecule has 0 spiro atoms. The maximum atomic E-state index is 11.0. The number of rotatable bonds is 16. The number of aldehydes is 1. The van der Waals surface area contributed by atoms with Gasteiger partial charge in [0.25, 0.3) is 0 Å². The summed E-state index contributed by atoms with van der Waals surface area (Å²) in [5, 5.41) is 27.4. The van der Waals surface area contributed by atoms with E-state index >= 15 is 0 Å². The summed E-state index contributed by atoms with van der Waals surface area (Å²) >= 11 is 0. The van der Waals surface area contributed by atoms with Gasteiger partial charge in [-0.2, -0.15) is 0 Å². The Morgan fingerprint density at radius 3 is 1.66 bits per heavy atom. The molecule has 0 aliphatic carbocycles. The van der Waals surface area contributed by atoms with Gasteiger partial charge in [0.1, 0.15) is 12.3 Å². The van der Waals surface area contributed by atoms with E-state index in [9.17, 15) is 33.6 Å². The quantitative estimate of drug-likeness (QED) is 0.0772. The molecule has 0 bridgehead atoms. The van der Waals surface area contributed by atoms with Crippen LogP contribution < -0.4 is 22.5 Å². The minimum Gasteiger partial charge on any atom is -0.481 e. The van der Waals surface area contributed by atoms with E-state index in [0.29, 0.717) is 30.6 Å². The van der Waals surface area contributed by atoms with Crippen LogP contribution in [0.25, 0.3) is 0 Å². The average molecular weight is 663 g/mol. The van der Waals surface area contributed by atoms with Crippen LogP contribution in [0.1, 0.15) is 74.2 Å². The molecule has 47 heavy (non-hydrogen) atoms. The standard InChI is InChI=1S/C10H14O7.C9H9NO2.C8H11N.C5H12N2O2/c11-7(12)3-1-5-9(15)17-10(16)6-2-4-8(13)14;1-7(12)10-9-4-2-8(6-11)3-5-9;9-7-6-8-4-2-1-3-5-8;6-3-1-2-4(7)5(8)9/h1-6H2,(H,11,12)(H,13,14);2-6H,1H3,(H,10,12);1-5H,6-7,9H2;4H,1-3,6-7H2,(H,8,9)/t;;;4-/m...0/s1. The Kier molecular flexibility index (Phi) is 26.7. The summed E-state index contributed by atoms with van der Waals surface area (Å²) in [4.78, 5) is 73.1. The van der Waals surface area contributed by atoms with Crippen molar-refractivity contribution in [1.29, 1.82) is 0 Å². The zero-order valence-corrected chi connectivity index (χ0v) is 26.5. The normalized spacial score (nSPS) is 10.1. The number of esters is 2. The fourth-order valence-corrected chi connectivity index (χ4v) is 3.12. The molecule has 2 aromatic carbocycles. The van der Waals surface area contributed by atoms with Crippen LogP contribution in [0, 0.1) is 0 Å². The van der Waals surface area contributed by atoms with E-state index in [1.165, 1.54) is 12.5 Å². The number of aliphatic carboxylic acids is 3. The minimum atomic E-state index is -1.02. The number of carbonyl (C=O) groups is 7. The Balaban J connectivity index is 0. The summed E-state index contributed by atoms with van der Waals surface area (Å²) in [6.07, 6.45) is 2.49. The maximum absolute atomic E-state index is 11.0. The van der Waals surface area contributed by atoms with E-state index in [0.717, 1.165) is 19.3 Å². The fourth-order valence-electron chi connectivity index (χ4n) is 3.12. The van der Waals surface area contributed by atoms with Gasteiger partial charge in [-0.1, -0.05) is 30.3 Å². The molecular weight excluding hydrogens is 616 g/mol. The van der Waals surface area contributed by atoms with Crippen LogP contribution >= 0.6 is 0 Å². The van der Waals surface area contributed by atoms with Crippen LogP contribution in [0.15, 0.2) is 54.6 Å². The van der Waals surface area contributed by atoms with Crippen molar-refractivity contribution in [2.45, 2.75) is 70.8 Å². The smallest absolute Gasteiger partial charge is 0.320 e. The highest BCUT2D eigenvalue weighted by Gasteiger charge is 2.12. The molecule has 0 aliphatic rings. The van der Waals surface area contributed by atoms with Crippen LogP contribution in [0.3, 0.4) is 0 Å². The van der Waals surface area contributed by atoms with Crippen molar-refractivity contribution in [3.8, 4) is 0 Å². The molecule has 260 valence electrons. The van der Waals surface area contributed by atoms with Crippen molar-refractivity contribution >= 4 is 47.7 Å². The summed E-state index contributed by atoms with van der Waals surface area (Å²) in [7, 11) is 0. The number of carbonyl (C=O) groups excluding carboxylic acids is 4. The van der Waals surface area contributed by atoms with Crippen LogP contribution in [0.2, 0.25) is 0 Å². The molecule has 15 nitrogen and oxygen atoms in total. The van der Waals surface area contributed by atoms with Gasteiger partial charge in [0.05, 0.1) is 0 Å². The van der Waals surface area contributed by atoms with Gasteiger partial charge in [-0.05, 0) is 75.0 Å². The minimum absolute atomic E-state index is 0.108. The summed E-state index contributed by atoms with van der Waals surface area (Å²) in [5.74, 6) is -4.69. The lowest BCUT2D eigenvalue weighted by molar-refractivity contribution is -0.159. The van der Waals surface area contributed by atoms with E-state index in [2.05, 4.69) is 22.2 Å². The van der Waals surface area contributed by atoms with E-state index in [1.807, 2.05) is 18.2 Å². The number of carboxylic acids is 3. The molecule has 0 saturated carbocycles. The predicted octanol–water partition coefficient (Wildman–Crippen LogP) is 2.35.